The summed E-state index contributed by atoms with van der Waals surface area (Å²) in [5.41, 5.74) is 0.192. The second kappa shape index (κ2) is 6.42. The number of methoxy groups -OCH3 is 1. The number of nitrogens with one attached hydrogen (secondary N) is 1. The third-order valence-corrected chi connectivity index (χ3v) is 2.65. The molecule has 0 fully saturated rings. The second-order valence-corrected chi connectivity index (χ2v) is 3.79. The largest absolute Gasteiger partial charge is 0.469 e. The van der Waals surface area contributed by atoms with Crippen molar-refractivity contribution in [3.63, 3.8) is 0 Å². The van der Waals surface area contributed by atoms with Crippen LogP contribution in [0.15, 0.2) is 18.2 Å². The zero-order valence-corrected chi connectivity index (χ0v) is 10.1. The third kappa shape index (κ3) is 3.48. The van der Waals surface area contributed by atoms with Crippen LogP contribution in [0.3, 0.4) is 0 Å². The second-order valence-electron chi connectivity index (χ2n) is 3.79. The van der Waals surface area contributed by atoms with Gasteiger partial charge in [-0.2, -0.15) is 0 Å². The van der Waals surface area contributed by atoms with Gasteiger partial charge < -0.3 is 15.2 Å². The summed E-state index contributed by atoms with van der Waals surface area (Å²) in [6.07, 6.45) is -1.21. The molecule has 0 aliphatic carbocycles. The maximum absolute atomic E-state index is 13.0. The quantitative estimate of drug-likeness (QED) is 0.779. The van der Waals surface area contributed by atoms with Gasteiger partial charge in [-0.1, -0.05) is 6.07 Å². The SMILES string of the molecule is CNC(CC(=O)OC)C(O)c1ccc(F)c(F)c1. The van der Waals surface area contributed by atoms with Crippen molar-refractivity contribution in [2.45, 2.75) is 18.6 Å². The van der Waals surface area contributed by atoms with E-state index in [2.05, 4.69) is 10.1 Å². The average Bonchev–Trinajstić information content (AvgIpc) is 2.38. The Balaban J connectivity index is 2.85. The van der Waals surface area contributed by atoms with E-state index < -0.39 is 29.7 Å². The van der Waals surface area contributed by atoms with Crippen molar-refractivity contribution in [1.82, 2.24) is 5.32 Å². The Hall–Kier alpha value is -1.53. The lowest BCUT2D eigenvalue weighted by Crippen LogP contribution is -2.34. The van der Waals surface area contributed by atoms with E-state index in [4.69, 9.17) is 0 Å². The van der Waals surface area contributed by atoms with E-state index in [9.17, 15) is 18.7 Å². The molecule has 0 aliphatic heterocycles. The van der Waals surface area contributed by atoms with Crippen molar-refractivity contribution in [3.8, 4) is 0 Å². The molecule has 1 rings (SSSR count). The molecule has 0 bridgehead atoms. The van der Waals surface area contributed by atoms with Crippen LogP contribution in [0, 0.1) is 11.6 Å². The molecule has 4 nitrogen and oxygen atoms in total. The third-order valence-electron chi connectivity index (χ3n) is 2.65. The molecule has 2 N–H and O–H groups in total. The van der Waals surface area contributed by atoms with E-state index in [0.717, 1.165) is 12.1 Å². The van der Waals surface area contributed by atoms with Gasteiger partial charge in [-0.15, -0.1) is 0 Å². The summed E-state index contributed by atoms with van der Waals surface area (Å²) in [6, 6.07) is 2.47. The molecule has 1 aromatic carbocycles. The number of carbonyl (C=O) groups is 1. The molecule has 0 aliphatic rings. The van der Waals surface area contributed by atoms with Crippen LogP contribution in [0.4, 0.5) is 8.78 Å². The first-order valence-electron chi connectivity index (χ1n) is 5.36. The summed E-state index contributed by atoms with van der Waals surface area (Å²) in [5, 5.41) is 12.7. The number of rotatable bonds is 5. The highest BCUT2D eigenvalue weighted by Gasteiger charge is 2.23. The van der Waals surface area contributed by atoms with Crippen LogP contribution in [0.1, 0.15) is 18.1 Å². The van der Waals surface area contributed by atoms with Gasteiger partial charge in [0.1, 0.15) is 0 Å². The number of ether oxygens (including phenoxy) is 1. The van der Waals surface area contributed by atoms with Crippen molar-refractivity contribution in [1.29, 1.82) is 0 Å². The molecule has 1 aromatic rings. The molecule has 6 heteroatoms. The van der Waals surface area contributed by atoms with Gasteiger partial charge in [0.25, 0.3) is 0 Å². The first-order chi connectivity index (χ1) is 8.49. The Morgan fingerprint density at radius 1 is 1.44 bits per heavy atom. The van der Waals surface area contributed by atoms with E-state index in [1.165, 1.54) is 13.2 Å². The van der Waals surface area contributed by atoms with E-state index in [0.29, 0.717) is 0 Å². The van der Waals surface area contributed by atoms with Crippen molar-refractivity contribution in [3.05, 3.63) is 35.4 Å². The minimum absolute atomic E-state index is 0.0762. The molecule has 0 saturated heterocycles. The van der Waals surface area contributed by atoms with Gasteiger partial charge in [-0.25, -0.2) is 8.78 Å². The van der Waals surface area contributed by atoms with Crippen molar-refractivity contribution in [2.75, 3.05) is 14.2 Å². The lowest BCUT2D eigenvalue weighted by Gasteiger charge is -2.21. The normalized spacial score (nSPS) is 14.1. The minimum Gasteiger partial charge on any atom is -0.469 e. The lowest BCUT2D eigenvalue weighted by atomic mass is 9.99. The minimum atomic E-state index is -1.14. The number of hydrogen-bond donors (Lipinski definition) is 2. The van der Waals surface area contributed by atoms with Crippen LogP contribution in [0.2, 0.25) is 0 Å². The molecule has 0 aromatic heterocycles. The number of carbonyl (C=O) groups excluding carboxylic acids is 1. The monoisotopic (exact) mass is 259 g/mol. The maximum atomic E-state index is 13.0. The highest BCUT2D eigenvalue weighted by Crippen LogP contribution is 2.21. The fourth-order valence-electron chi connectivity index (χ4n) is 1.56. The number of hydrogen-bond acceptors (Lipinski definition) is 4. The predicted molar refractivity (Wildman–Crippen MR) is 60.8 cm³/mol. The number of aliphatic hydroxyl groups is 1. The average molecular weight is 259 g/mol. The van der Waals surface area contributed by atoms with Crippen LogP contribution in [-0.4, -0.2) is 31.3 Å². The van der Waals surface area contributed by atoms with Crippen LogP contribution >= 0.6 is 0 Å². The summed E-state index contributed by atoms with van der Waals surface area (Å²) in [6.45, 7) is 0. The van der Waals surface area contributed by atoms with Crippen molar-refractivity contribution < 1.29 is 23.4 Å². The summed E-state index contributed by atoms with van der Waals surface area (Å²) >= 11 is 0. The van der Waals surface area contributed by atoms with E-state index >= 15 is 0 Å². The van der Waals surface area contributed by atoms with Crippen LogP contribution in [0.25, 0.3) is 0 Å². The van der Waals surface area contributed by atoms with Gasteiger partial charge in [0, 0.05) is 6.04 Å². The number of esters is 1. The predicted octanol–water partition coefficient (Wildman–Crippen LogP) is 1.15. The first kappa shape index (κ1) is 14.5. The highest BCUT2D eigenvalue weighted by atomic mass is 19.2. The number of halogens is 2. The van der Waals surface area contributed by atoms with Crippen molar-refractivity contribution in [2.24, 2.45) is 0 Å². The van der Waals surface area contributed by atoms with E-state index in [1.807, 2.05) is 0 Å². The fraction of sp³-hybridized carbons (Fsp3) is 0.417. The first-order valence-corrected chi connectivity index (χ1v) is 5.36. The van der Waals surface area contributed by atoms with Gasteiger partial charge in [0.05, 0.1) is 19.6 Å². The maximum Gasteiger partial charge on any atom is 0.307 e. The number of benzene rings is 1. The smallest absolute Gasteiger partial charge is 0.307 e. The Labute approximate surface area is 104 Å². The number of likely N-dealkylation sites (N-methyl/N-ethyl adjacent to an activating group) is 1. The Kier molecular flexibility index (Phi) is 5.18. The molecule has 0 amide bonds. The molecule has 18 heavy (non-hydrogen) atoms. The van der Waals surface area contributed by atoms with Gasteiger partial charge in [0.2, 0.25) is 0 Å². The zero-order valence-electron chi connectivity index (χ0n) is 10.1. The van der Waals surface area contributed by atoms with Crippen LogP contribution in [0.5, 0.6) is 0 Å². The Morgan fingerprint density at radius 3 is 2.61 bits per heavy atom. The topological polar surface area (TPSA) is 58.6 Å². The standard InChI is InChI=1S/C12H15F2NO3/c1-15-10(6-11(16)18-2)12(17)7-3-4-8(13)9(14)5-7/h3-5,10,12,15,17H,6H2,1-2H3. The molecular formula is C12H15F2NO3. The molecule has 0 saturated carbocycles. The van der Waals surface area contributed by atoms with Gasteiger partial charge >= 0.3 is 5.97 Å². The highest BCUT2D eigenvalue weighted by molar-refractivity contribution is 5.70. The Morgan fingerprint density at radius 2 is 2.11 bits per heavy atom. The van der Waals surface area contributed by atoms with E-state index in [-0.39, 0.29) is 12.0 Å². The zero-order chi connectivity index (χ0) is 13.7. The van der Waals surface area contributed by atoms with Gasteiger partial charge in [-0.3, -0.25) is 4.79 Å². The fourth-order valence-corrected chi connectivity index (χ4v) is 1.56. The molecule has 0 spiro atoms. The molecule has 0 radical (unpaired) electrons. The van der Waals surface area contributed by atoms with Gasteiger partial charge in [0.15, 0.2) is 11.6 Å². The molecule has 0 heterocycles. The summed E-state index contributed by atoms with van der Waals surface area (Å²) < 4.78 is 30.3. The lowest BCUT2D eigenvalue weighted by molar-refractivity contribution is -0.142. The van der Waals surface area contributed by atoms with Crippen LogP contribution < -0.4 is 5.32 Å². The van der Waals surface area contributed by atoms with Crippen molar-refractivity contribution >= 4 is 5.97 Å². The summed E-state index contributed by atoms with van der Waals surface area (Å²) in [5.74, 6) is -2.53. The summed E-state index contributed by atoms with van der Waals surface area (Å²) in [4.78, 5) is 11.1. The van der Waals surface area contributed by atoms with Gasteiger partial charge in [-0.05, 0) is 24.7 Å². The number of aliphatic hydroxyl groups excluding tert-OH is 1. The summed E-state index contributed by atoms with van der Waals surface area (Å²) in [7, 11) is 2.79. The molecule has 2 atom stereocenters. The molecule has 2 unspecified atom stereocenters. The van der Waals surface area contributed by atoms with Crippen LogP contribution in [-0.2, 0) is 9.53 Å². The molecule has 100 valence electrons. The Bertz CT molecular complexity index is 426. The van der Waals surface area contributed by atoms with E-state index in [1.54, 1.807) is 7.05 Å². The molecular weight excluding hydrogens is 244 g/mol.